The Kier molecular flexibility index (Phi) is 5.26. The smallest absolute Gasteiger partial charge is 0.168 e. The molecule has 84 valence electrons. The number of nitrogens with one attached hydrogen (secondary N) is 1. The number of methoxy groups -OCH3 is 1. The molecule has 0 aliphatic heterocycles. The number of rotatable bonds is 6. The summed E-state index contributed by atoms with van der Waals surface area (Å²) in [4.78, 5) is 4.24. The van der Waals surface area contributed by atoms with Gasteiger partial charge in [-0.1, -0.05) is 6.92 Å². The van der Waals surface area contributed by atoms with Gasteiger partial charge in [0.25, 0.3) is 0 Å². The Morgan fingerprint density at radius 1 is 1.60 bits per heavy atom. The molecule has 0 aromatic carbocycles. The Labute approximate surface area is 95.8 Å². The van der Waals surface area contributed by atoms with Gasteiger partial charge in [0.15, 0.2) is 11.6 Å². The highest BCUT2D eigenvalue weighted by atomic mass is 35.5. The van der Waals surface area contributed by atoms with Gasteiger partial charge in [-0.3, -0.25) is 0 Å². The predicted octanol–water partition coefficient (Wildman–Crippen LogP) is 2.91. The van der Waals surface area contributed by atoms with Crippen molar-refractivity contribution < 1.29 is 4.74 Å². The zero-order valence-corrected chi connectivity index (χ0v) is 9.92. The first kappa shape index (κ1) is 12.1. The SMILES string of the molecule is CCC(CCCl)Nc1ncccc1OC. The number of hydrogen-bond acceptors (Lipinski definition) is 3. The third-order valence-corrected chi connectivity index (χ3v) is 2.50. The van der Waals surface area contributed by atoms with Gasteiger partial charge in [0.2, 0.25) is 0 Å². The van der Waals surface area contributed by atoms with Gasteiger partial charge in [0, 0.05) is 18.1 Å². The molecule has 0 saturated heterocycles. The third kappa shape index (κ3) is 3.59. The fourth-order valence-corrected chi connectivity index (χ4v) is 1.63. The lowest BCUT2D eigenvalue weighted by Crippen LogP contribution is -2.20. The molecular formula is C11H17ClN2O. The van der Waals surface area contributed by atoms with Crippen LogP contribution in [0.4, 0.5) is 5.82 Å². The highest BCUT2D eigenvalue weighted by molar-refractivity contribution is 6.17. The average molecular weight is 229 g/mol. The molecule has 1 aromatic heterocycles. The van der Waals surface area contributed by atoms with E-state index >= 15 is 0 Å². The number of halogens is 1. The van der Waals surface area contributed by atoms with Crippen molar-refractivity contribution in [2.75, 3.05) is 18.3 Å². The molecule has 1 N–H and O–H groups in total. The molecule has 0 amide bonds. The Morgan fingerprint density at radius 2 is 2.40 bits per heavy atom. The first-order valence-corrected chi connectivity index (χ1v) is 5.66. The maximum Gasteiger partial charge on any atom is 0.168 e. The number of pyridine rings is 1. The Balaban J connectivity index is 2.69. The summed E-state index contributed by atoms with van der Waals surface area (Å²) < 4.78 is 5.21. The zero-order chi connectivity index (χ0) is 11.1. The van der Waals surface area contributed by atoms with Gasteiger partial charge in [-0.25, -0.2) is 4.98 Å². The molecule has 1 atom stereocenters. The Hall–Kier alpha value is -0.960. The summed E-state index contributed by atoms with van der Waals surface area (Å²) in [5, 5.41) is 3.33. The van der Waals surface area contributed by atoms with E-state index in [4.69, 9.17) is 16.3 Å². The summed E-state index contributed by atoms with van der Waals surface area (Å²) in [7, 11) is 1.64. The minimum absolute atomic E-state index is 0.353. The number of nitrogens with zero attached hydrogens (tertiary/aromatic N) is 1. The normalized spacial score (nSPS) is 12.2. The third-order valence-electron chi connectivity index (χ3n) is 2.28. The molecule has 4 heteroatoms. The van der Waals surface area contributed by atoms with Crippen LogP contribution in [-0.4, -0.2) is 24.0 Å². The van der Waals surface area contributed by atoms with Crippen molar-refractivity contribution in [2.45, 2.75) is 25.8 Å². The number of hydrogen-bond donors (Lipinski definition) is 1. The van der Waals surface area contributed by atoms with Crippen LogP contribution in [0.1, 0.15) is 19.8 Å². The van der Waals surface area contributed by atoms with Crippen LogP contribution in [0.5, 0.6) is 5.75 Å². The standard InChI is InChI=1S/C11H17ClN2O/c1-3-9(6-7-12)14-11-10(15-2)5-4-8-13-11/h4-5,8-9H,3,6-7H2,1-2H3,(H,13,14). The van der Waals surface area contributed by atoms with Gasteiger partial charge in [0.05, 0.1) is 7.11 Å². The van der Waals surface area contributed by atoms with E-state index in [1.54, 1.807) is 13.3 Å². The maximum atomic E-state index is 5.72. The second-order valence-corrected chi connectivity index (χ2v) is 3.66. The molecule has 1 heterocycles. The van der Waals surface area contributed by atoms with E-state index in [1.165, 1.54) is 0 Å². The van der Waals surface area contributed by atoms with Crippen molar-refractivity contribution in [3.63, 3.8) is 0 Å². The van der Waals surface area contributed by atoms with Crippen molar-refractivity contribution >= 4 is 17.4 Å². The number of ether oxygens (including phenoxy) is 1. The number of anilines is 1. The van der Waals surface area contributed by atoms with Gasteiger partial charge in [0.1, 0.15) is 0 Å². The lowest BCUT2D eigenvalue weighted by Gasteiger charge is -2.17. The van der Waals surface area contributed by atoms with Crippen LogP contribution >= 0.6 is 11.6 Å². The lowest BCUT2D eigenvalue weighted by atomic mass is 10.2. The second-order valence-electron chi connectivity index (χ2n) is 3.28. The molecule has 1 aromatic rings. The number of alkyl halides is 1. The maximum absolute atomic E-state index is 5.72. The predicted molar refractivity (Wildman–Crippen MR) is 63.8 cm³/mol. The van der Waals surface area contributed by atoms with Gasteiger partial charge >= 0.3 is 0 Å². The first-order valence-electron chi connectivity index (χ1n) is 5.13. The van der Waals surface area contributed by atoms with Crippen molar-refractivity contribution in [3.05, 3.63) is 18.3 Å². The van der Waals surface area contributed by atoms with Crippen LogP contribution in [0.15, 0.2) is 18.3 Å². The molecule has 0 aliphatic carbocycles. The fraction of sp³-hybridized carbons (Fsp3) is 0.545. The summed E-state index contributed by atoms with van der Waals surface area (Å²) in [6.07, 6.45) is 3.70. The molecule has 3 nitrogen and oxygen atoms in total. The summed E-state index contributed by atoms with van der Waals surface area (Å²) in [6, 6.07) is 4.10. The minimum Gasteiger partial charge on any atom is -0.493 e. The molecule has 15 heavy (non-hydrogen) atoms. The second kappa shape index (κ2) is 6.51. The summed E-state index contributed by atoms with van der Waals surface area (Å²) in [6.45, 7) is 2.12. The molecule has 0 spiro atoms. The monoisotopic (exact) mass is 228 g/mol. The lowest BCUT2D eigenvalue weighted by molar-refractivity contribution is 0.414. The van der Waals surface area contributed by atoms with Crippen LogP contribution in [0, 0.1) is 0 Å². The van der Waals surface area contributed by atoms with Crippen LogP contribution in [0.3, 0.4) is 0 Å². The summed E-state index contributed by atoms with van der Waals surface area (Å²) >= 11 is 5.72. The largest absolute Gasteiger partial charge is 0.493 e. The van der Waals surface area contributed by atoms with Gasteiger partial charge in [-0.15, -0.1) is 11.6 Å². The molecule has 0 saturated carbocycles. The highest BCUT2D eigenvalue weighted by Gasteiger charge is 2.09. The van der Waals surface area contributed by atoms with E-state index in [9.17, 15) is 0 Å². The molecule has 0 radical (unpaired) electrons. The van der Waals surface area contributed by atoms with Crippen molar-refractivity contribution in [1.82, 2.24) is 4.98 Å². The summed E-state index contributed by atoms with van der Waals surface area (Å²) in [5.41, 5.74) is 0. The summed E-state index contributed by atoms with van der Waals surface area (Å²) in [5.74, 6) is 2.21. The quantitative estimate of drug-likeness (QED) is 0.761. The topological polar surface area (TPSA) is 34.2 Å². The van der Waals surface area contributed by atoms with E-state index in [0.29, 0.717) is 11.9 Å². The van der Waals surface area contributed by atoms with E-state index < -0.39 is 0 Å². The fourth-order valence-electron chi connectivity index (χ4n) is 1.37. The van der Waals surface area contributed by atoms with Crippen molar-refractivity contribution in [3.8, 4) is 5.75 Å². The number of aromatic nitrogens is 1. The van der Waals surface area contributed by atoms with E-state index in [-0.39, 0.29) is 0 Å². The molecule has 1 rings (SSSR count). The van der Waals surface area contributed by atoms with Crippen LogP contribution in [-0.2, 0) is 0 Å². The van der Waals surface area contributed by atoms with Crippen LogP contribution < -0.4 is 10.1 Å². The molecule has 1 unspecified atom stereocenters. The van der Waals surface area contributed by atoms with E-state index in [0.717, 1.165) is 24.4 Å². The van der Waals surface area contributed by atoms with E-state index in [2.05, 4.69) is 17.2 Å². The van der Waals surface area contributed by atoms with Gasteiger partial charge < -0.3 is 10.1 Å². The Morgan fingerprint density at radius 3 is 3.00 bits per heavy atom. The van der Waals surface area contributed by atoms with E-state index in [1.807, 2.05) is 12.1 Å². The Bertz CT molecular complexity index is 294. The average Bonchev–Trinajstić information content (AvgIpc) is 2.29. The minimum atomic E-state index is 0.353. The molecular weight excluding hydrogens is 212 g/mol. The highest BCUT2D eigenvalue weighted by Crippen LogP contribution is 2.22. The molecule has 0 bridgehead atoms. The van der Waals surface area contributed by atoms with Crippen molar-refractivity contribution in [1.29, 1.82) is 0 Å². The van der Waals surface area contributed by atoms with Crippen LogP contribution in [0.2, 0.25) is 0 Å². The zero-order valence-electron chi connectivity index (χ0n) is 9.16. The van der Waals surface area contributed by atoms with Gasteiger partial charge in [-0.2, -0.15) is 0 Å². The first-order chi connectivity index (χ1) is 7.31. The molecule has 0 aliphatic rings. The molecule has 0 fully saturated rings. The van der Waals surface area contributed by atoms with Gasteiger partial charge in [-0.05, 0) is 25.0 Å². The van der Waals surface area contributed by atoms with Crippen LogP contribution in [0.25, 0.3) is 0 Å². The van der Waals surface area contributed by atoms with Crippen molar-refractivity contribution in [2.24, 2.45) is 0 Å².